The number of carbonyl (C=O) groups is 1. The summed E-state index contributed by atoms with van der Waals surface area (Å²) in [5.74, 6) is -0.329. The first-order valence-corrected chi connectivity index (χ1v) is 8.76. The van der Waals surface area contributed by atoms with Crippen molar-refractivity contribution in [3.63, 3.8) is 0 Å². The summed E-state index contributed by atoms with van der Waals surface area (Å²) in [6, 6.07) is 9.13. The van der Waals surface area contributed by atoms with E-state index in [1.54, 1.807) is 58.9 Å². The van der Waals surface area contributed by atoms with Crippen LogP contribution in [0.15, 0.2) is 28.7 Å². The van der Waals surface area contributed by atoms with Gasteiger partial charge in [0, 0.05) is 5.39 Å². The van der Waals surface area contributed by atoms with Crippen LogP contribution >= 0.6 is 0 Å². The Labute approximate surface area is 158 Å². The van der Waals surface area contributed by atoms with E-state index in [0.717, 1.165) is 0 Å². The fraction of sp³-hybridized carbons (Fsp3) is 0.500. The number of nitrogens with one attached hydrogen (secondary N) is 1. The molecule has 7 nitrogen and oxygen atoms in total. The van der Waals surface area contributed by atoms with Gasteiger partial charge in [0.15, 0.2) is 5.79 Å². The van der Waals surface area contributed by atoms with E-state index in [0.29, 0.717) is 22.3 Å². The summed E-state index contributed by atoms with van der Waals surface area (Å²) >= 11 is 0. The van der Waals surface area contributed by atoms with Crippen molar-refractivity contribution in [1.82, 2.24) is 5.32 Å². The Balaban J connectivity index is 2.00. The Bertz CT molecular complexity index is 891. The number of carbonyl (C=O) groups excluding carboxylic acids is 1. The minimum atomic E-state index is -1.07. The van der Waals surface area contributed by atoms with Crippen molar-refractivity contribution in [2.24, 2.45) is 0 Å². The van der Waals surface area contributed by atoms with Gasteiger partial charge in [-0.05, 0) is 52.8 Å². The molecule has 0 atom stereocenters. The molecule has 1 aromatic heterocycles. The summed E-state index contributed by atoms with van der Waals surface area (Å²) in [5, 5.41) is 12.9. The van der Waals surface area contributed by atoms with E-state index in [1.807, 2.05) is 0 Å². The molecule has 0 bridgehead atoms. The number of alkyl carbamates (subject to hydrolysis) is 1. The zero-order chi connectivity index (χ0) is 19.9. The first-order valence-electron chi connectivity index (χ1n) is 8.76. The molecule has 2 aromatic rings. The van der Waals surface area contributed by atoms with Gasteiger partial charge in [0.05, 0.1) is 24.8 Å². The number of furan rings is 1. The lowest BCUT2D eigenvalue weighted by atomic mass is 9.96. The zero-order valence-electron chi connectivity index (χ0n) is 16.2. The van der Waals surface area contributed by atoms with Crippen LogP contribution in [0.5, 0.6) is 0 Å². The van der Waals surface area contributed by atoms with Crippen LogP contribution in [-0.4, -0.2) is 30.7 Å². The normalized spacial score (nSPS) is 18.7. The van der Waals surface area contributed by atoms with Gasteiger partial charge in [-0.1, -0.05) is 6.07 Å². The number of nitrogens with zero attached hydrogens (tertiary/aromatic N) is 1. The van der Waals surface area contributed by atoms with Crippen LogP contribution in [0.4, 0.5) is 4.79 Å². The van der Waals surface area contributed by atoms with E-state index >= 15 is 0 Å². The van der Waals surface area contributed by atoms with E-state index in [-0.39, 0.29) is 13.2 Å². The van der Waals surface area contributed by atoms with Crippen LogP contribution in [-0.2, 0) is 19.7 Å². The number of hydrogen-bond acceptors (Lipinski definition) is 6. The molecule has 2 heterocycles. The first-order chi connectivity index (χ1) is 12.5. The molecule has 0 radical (unpaired) electrons. The fourth-order valence-corrected chi connectivity index (χ4v) is 2.85. The van der Waals surface area contributed by atoms with E-state index in [2.05, 4.69) is 11.4 Å². The monoisotopic (exact) mass is 372 g/mol. The Morgan fingerprint density at radius 2 is 1.93 bits per heavy atom. The zero-order valence-corrected chi connectivity index (χ0v) is 16.2. The van der Waals surface area contributed by atoms with E-state index in [1.165, 1.54) is 0 Å². The minimum Gasteiger partial charge on any atom is -0.458 e. The summed E-state index contributed by atoms with van der Waals surface area (Å²) in [7, 11) is 0. The molecule has 1 aliphatic heterocycles. The molecular formula is C20H24N2O5. The molecule has 1 amide bonds. The van der Waals surface area contributed by atoms with Crippen molar-refractivity contribution in [3.8, 4) is 6.07 Å². The van der Waals surface area contributed by atoms with E-state index < -0.39 is 23.0 Å². The molecule has 0 unspecified atom stereocenters. The number of amides is 1. The van der Waals surface area contributed by atoms with Crippen molar-refractivity contribution in [2.45, 2.75) is 51.5 Å². The molecule has 27 heavy (non-hydrogen) atoms. The van der Waals surface area contributed by atoms with Gasteiger partial charge in [-0.15, -0.1) is 0 Å². The second-order valence-electron chi connectivity index (χ2n) is 8.13. The number of rotatable bonds is 2. The quantitative estimate of drug-likeness (QED) is 0.861. The van der Waals surface area contributed by atoms with Gasteiger partial charge < -0.3 is 23.9 Å². The van der Waals surface area contributed by atoms with Gasteiger partial charge in [-0.25, -0.2) is 4.79 Å². The van der Waals surface area contributed by atoms with Crippen LogP contribution in [0.25, 0.3) is 11.0 Å². The molecule has 144 valence electrons. The predicted molar refractivity (Wildman–Crippen MR) is 98.0 cm³/mol. The average Bonchev–Trinajstić information content (AvgIpc) is 3.00. The summed E-state index contributed by atoms with van der Waals surface area (Å²) in [4.78, 5) is 12.5. The second kappa shape index (κ2) is 6.55. The largest absolute Gasteiger partial charge is 0.458 e. The first kappa shape index (κ1) is 19.2. The van der Waals surface area contributed by atoms with Gasteiger partial charge in [0.2, 0.25) is 0 Å². The standard InChI is InChI=1S/C20H24N2O5/c1-18(2,3)27-17(23)22-20(11-24-19(4,5)25-12-20)16-9-14-13(10-21)7-6-8-15(14)26-16/h6-9H,11-12H2,1-5H3,(H,22,23). The number of ether oxygens (including phenoxy) is 3. The topological polar surface area (TPSA) is 93.7 Å². The molecule has 1 saturated heterocycles. The van der Waals surface area contributed by atoms with Crippen molar-refractivity contribution in [2.75, 3.05) is 13.2 Å². The van der Waals surface area contributed by atoms with Gasteiger partial charge in [0.1, 0.15) is 22.5 Å². The number of hydrogen-bond donors (Lipinski definition) is 1. The van der Waals surface area contributed by atoms with Crippen LogP contribution in [0.2, 0.25) is 0 Å². The summed E-state index contributed by atoms with van der Waals surface area (Å²) in [6.07, 6.45) is -0.602. The highest BCUT2D eigenvalue weighted by molar-refractivity contribution is 5.84. The highest BCUT2D eigenvalue weighted by atomic mass is 16.7. The molecule has 1 aliphatic rings. The van der Waals surface area contributed by atoms with Crippen LogP contribution in [0, 0.1) is 11.3 Å². The lowest BCUT2D eigenvalue weighted by Gasteiger charge is -2.42. The molecule has 1 aromatic carbocycles. The second-order valence-corrected chi connectivity index (χ2v) is 8.13. The maximum absolute atomic E-state index is 12.5. The number of fused-ring (bicyclic) bond motifs is 1. The van der Waals surface area contributed by atoms with Crippen molar-refractivity contribution in [3.05, 3.63) is 35.6 Å². The van der Waals surface area contributed by atoms with E-state index in [4.69, 9.17) is 18.6 Å². The molecule has 7 heteroatoms. The highest BCUT2D eigenvalue weighted by Crippen LogP contribution is 2.35. The molecule has 1 N–H and O–H groups in total. The number of benzene rings is 1. The Morgan fingerprint density at radius 1 is 1.26 bits per heavy atom. The van der Waals surface area contributed by atoms with Crippen LogP contribution < -0.4 is 5.32 Å². The van der Waals surface area contributed by atoms with Gasteiger partial charge in [-0.3, -0.25) is 0 Å². The lowest BCUT2D eigenvalue weighted by molar-refractivity contribution is -0.274. The molecule has 1 fully saturated rings. The van der Waals surface area contributed by atoms with Crippen molar-refractivity contribution >= 4 is 17.1 Å². The maximum atomic E-state index is 12.5. The summed E-state index contributed by atoms with van der Waals surface area (Å²) in [5.41, 5.74) is -0.668. The van der Waals surface area contributed by atoms with Crippen molar-refractivity contribution in [1.29, 1.82) is 5.26 Å². The maximum Gasteiger partial charge on any atom is 0.408 e. The van der Waals surface area contributed by atoms with Crippen molar-refractivity contribution < 1.29 is 23.4 Å². The molecule has 0 saturated carbocycles. The van der Waals surface area contributed by atoms with Gasteiger partial charge >= 0.3 is 6.09 Å². The predicted octanol–water partition coefficient (Wildman–Crippen LogP) is 3.81. The third kappa shape index (κ3) is 4.07. The van der Waals surface area contributed by atoms with Gasteiger partial charge in [0.25, 0.3) is 0 Å². The third-order valence-electron chi connectivity index (χ3n) is 4.23. The highest BCUT2D eigenvalue weighted by Gasteiger charge is 2.46. The minimum absolute atomic E-state index is 0.140. The molecule has 0 aliphatic carbocycles. The smallest absolute Gasteiger partial charge is 0.408 e. The average molecular weight is 372 g/mol. The Kier molecular flexibility index (Phi) is 4.66. The summed E-state index contributed by atoms with van der Waals surface area (Å²) in [6.45, 7) is 9.25. The Hall–Kier alpha value is -2.56. The molecular weight excluding hydrogens is 348 g/mol. The number of nitriles is 1. The summed E-state index contributed by atoms with van der Waals surface area (Å²) < 4.78 is 23.0. The lowest BCUT2D eigenvalue weighted by Crippen LogP contribution is -2.59. The third-order valence-corrected chi connectivity index (χ3v) is 4.23. The fourth-order valence-electron chi connectivity index (χ4n) is 2.85. The molecule has 3 rings (SSSR count). The van der Waals surface area contributed by atoms with Crippen LogP contribution in [0.1, 0.15) is 45.9 Å². The Morgan fingerprint density at radius 3 is 2.52 bits per heavy atom. The van der Waals surface area contributed by atoms with Crippen LogP contribution in [0.3, 0.4) is 0 Å². The molecule has 0 spiro atoms. The van der Waals surface area contributed by atoms with Gasteiger partial charge in [-0.2, -0.15) is 5.26 Å². The van der Waals surface area contributed by atoms with E-state index in [9.17, 15) is 10.1 Å². The SMILES string of the molecule is CC(C)(C)OC(=O)NC1(c2cc3c(C#N)cccc3o2)COC(C)(C)OC1.